The SMILES string of the molecule is CCCCC/C=C\C/C=C\CCCCCCCCCCCC(=O)OC(COCCCCCCCCCCC)COP(=O)(O)OCC(N)C(=O)O. The number of carbonyl (C=O) groups is 2. The van der Waals surface area contributed by atoms with Gasteiger partial charge in [-0.3, -0.25) is 18.6 Å². The van der Waals surface area contributed by atoms with Crippen molar-refractivity contribution in [3.8, 4) is 0 Å². The first kappa shape index (κ1) is 48.5. The van der Waals surface area contributed by atoms with Crippen molar-refractivity contribution in [3.05, 3.63) is 24.3 Å². The van der Waals surface area contributed by atoms with Gasteiger partial charge in [0.05, 0.1) is 19.8 Å². The molecular weight excluding hydrogens is 657 g/mol. The zero-order valence-electron chi connectivity index (χ0n) is 31.7. The van der Waals surface area contributed by atoms with Gasteiger partial charge in [0.25, 0.3) is 0 Å². The van der Waals surface area contributed by atoms with Gasteiger partial charge in [-0.1, -0.05) is 147 Å². The van der Waals surface area contributed by atoms with Gasteiger partial charge in [0.1, 0.15) is 12.1 Å². The number of esters is 1. The van der Waals surface area contributed by atoms with Crippen LogP contribution in [0.5, 0.6) is 0 Å². The highest BCUT2D eigenvalue weighted by Gasteiger charge is 2.27. The summed E-state index contributed by atoms with van der Waals surface area (Å²) in [6.07, 6.45) is 36.6. The fourth-order valence-corrected chi connectivity index (χ4v) is 6.12. The second kappa shape index (κ2) is 35.8. The molecule has 10 nitrogen and oxygen atoms in total. The van der Waals surface area contributed by atoms with E-state index in [0.717, 1.165) is 51.4 Å². The predicted octanol–water partition coefficient (Wildman–Crippen LogP) is 10.4. The highest BCUT2D eigenvalue weighted by Crippen LogP contribution is 2.43. The van der Waals surface area contributed by atoms with E-state index in [9.17, 15) is 19.0 Å². The van der Waals surface area contributed by atoms with E-state index < -0.39 is 45.1 Å². The van der Waals surface area contributed by atoms with Crippen molar-refractivity contribution in [2.75, 3.05) is 26.4 Å². The van der Waals surface area contributed by atoms with Crippen molar-refractivity contribution in [2.24, 2.45) is 5.73 Å². The summed E-state index contributed by atoms with van der Waals surface area (Å²) >= 11 is 0. The van der Waals surface area contributed by atoms with Gasteiger partial charge < -0.3 is 25.2 Å². The lowest BCUT2D eigenvalue weighted by Gasteiger charge is -2.20. The molecule has 11 heteroatoms. The van der Waals surface area contributed by atoms with Gasteiger partial charge in [0.2, 0.25) is 0 Å². The minimum Gasteiger partial charge on any atom is -0.480 e. The smallest absolute Gasteiger partial charge is 0.472 e. The zero-order chi connectivity index (χ0) is 37.0. The molecule has 0 aromatic rings. The Balaban J connectivity index is 4.20. The molecular formula is C39H74NO9P. The van der Waals surface area contributed by atoms with E-state index in [1.807, 2.05) is 0 Å². The predicted molar refractivity (Wildman–Crippen MR) is 203 cm³/mol. The Morgan fingerprint density at radius 1 is 0.640 bits per heavy atom. The van der Waals surface area contributed by atoms with Crippen LogP contribution in [0.2, 0.25) is 0 Å². The fourth-order valence-electron chi connectivity index (χ4n) is 5.34. The van der Waals surface area contributed by atoms with Crippen LogP contribution in [0.3, 0.4) is 0 Å². The van der Waals surface area contributed by atoms with Crippen molar-refractivity contribution in [1.29, 1.82) is 0 Å². The molecule has 0 heterocycles. The van der Waals surface area contributed by atoms with Crippen LogP contribution in [0.15, 0.2) is 24.3 Å². The summed E-state index contributed by atoms with van der Waals surface area (Å²) in [5.74, 6) is -1.78. The second-order valence-electron chi connectivity index (χ2n) is 13.4. The van der Waals surface area contributed by atoms with Crippen molar-refractivity contribution >= 4 is 19.8 Å². The number of carboxylic acid groups (broad SMARTS) is 1. The Morgan fingerprint density at radius 3 is 1.66 bits per heavy atom. The molecule has 3 unspecified atom stereocenters. The number of hydrogen-bond donors (Lipinski definition) is 3. The number of allylic oxidation sites excluding steroid dienone is 4. The number of phosphoric acid groups is 1. The molecule has 4 N–H and O–H groups in total. The summed E-state index contributed by atoms with van der Waals surface area (Å²) < 4.78 is 33.2. The van der Waals surface area contributed by atoms with Crippen molar-refractivity contribution < 1.29 is 42.7 Å². The summed E-state index contributed by atoms with van der Waals surface area (Å²) in [6, 6.07) is -1.47. The van der Waals surface area contributed by atoms with E-state index in [1.54, 1.807) is 0 Å². The molecule has 0 radical (unpaired) electrons. The Kier molecular flexibility index (Phi) is 34.7. The Labute approximate surface area is 304 Å². The number of aliphatic carboxylic acids is 1. The van der Waals surface area contributed by atoms with Gasteiger partial charge in [-0.2, -0.15) is 0 Å². The van der Waals surface area contributed by atoms with E-state index in [1.165, 1.54) is 96.3 Å². The molecule has 294 valence electrons. The molecule has 0 spiro atoms. The van der Waals surface area contributed by atoms with E-state index in [0.29, 0.717) is 13.0 Å². The monoisotopic (exact) mass is 732 g/mol. The van der Waals surface area contributed by atoms with Gasteiger partial charge in [-0.15, -0.1) is 0 Å². The largest absolute Gasteiger partial charge is 0.480 e. The molecule has 0 aliphatic heterocycles. The molecule has 0 amide bonds. The molecule has 0 aliphatic carbocycles. The molecule has 0 rings (SSSR count). The molecule has 50 heavy (non-hydrogen) atoms. The van der Waals surface area contributed by atoms with Crippen LogP contribution in [-0.4, -0.2) is 60.5 Å². The maximum atomic E-state index is 12.6. The van der Waals surface area contributed by atoms with Gasteiger partial charge >= 0.3 is 19.8 Å². The normalized spacial score (nSPS) is 14.3. The molecule has 0 saturated carbocycles. The minimum absolute atomic E-state index is 0.0181. The zero-order valence-corrected chi connectivity index (χ0v) is 32.6. The van der Waals surface area contributed by atoms with Crippen LogP contribution in [0.4, 0.5) is 0 Å². The average molecular weight is 732 g/mol. The van der Waals surface area contributed by atoms with E-state index in [4.69, 9.17) is 24.8 Å². The maximum absolute atomic E-state index is 12.6. The summed E-state index contributed by atoms with van der Waals surface area (Å²) in [7, 11) is -4.60. The number of carboxylic acids is 1. The third-order valence-corrected chi connectivity index (χ3v) is 9.43. The number of phosphoric ester groups is 1. The van der Waals surface area contributed by atoms with Crippen LogP contribution >= 0.6 is 7.82 Å². The first-order valence-electron chi connectivity index (χ1n) is 19.9. The number of unbranched alkanes of at least 4 members (excludes halogenated alkanes) is 20. The van der Waals surface area contributed by atoms with Crippen LogP contribution < -0.4 is 5.73 Å². The third-order valence-electron chi connectivity index (χ3n) is 8.48. The highest BCUT2D eigenvalue weighted by atomic mass is 31.2. The molecule has 0 bridgehead atoms. The fraction of sp³-hybridized carbons (Fsp3) is 0.846. The number of nitrogens with two attached hydrogens (primary N) is 1. The highest BCUT2D eigenvalue weighted by molar-refractivity contribution is 7.47. The van der Waals surface area contributed by atoms with Crippen LogP contribution in [0, 0.1) is 0 Å². The molecule has 0 aliphatic rings. The summed E-state index contributed by atoms with van der Waals surface area (Å²) in [4.78, 5) is 33.4. The maximum Gasteiger partial charge on any atom is 0.472 e. The lowest BCUT2D eigenvalue weighted by Crippen LogP contribution is -2.34. The first-order chi connectivity index (χ1) is 24.2. The number of carbonyl (C=O) groups excluding carboxylic acids is 1. The van der Waals surface area contributed by atoms with E-state index >= 15 is 0 Å². The first-order valence-corrected chi connectivity index (χ1v) is 21.4. The topological polar surface area (TPSA) is 155 Å². The number of rotatable bonds is 38. The standard InChI is InChI=1S/C39H74NO9P/c1-3-5-7-9-11-13-14-15-16-17-18-19-20-21-22-23-25-27-29-31-38(41)49-36(34-47-50(44,45)48-35-37(40)39(42)43)33-46-32-30-28-26-24-12-10-8-6-4-2/h11,13,15-16,36-37H,3-10,12,14,17-35,40H2,1-2H3,(H,42,43)(H,44,45)/b13-11-,16-15-. The third kappa shape index (κ3) is 34.9. The average Bonchev–Trinajstić information content (AvgIpc) is 3.09. The van der Waals surface area contributed by atoms with Gasteiger partial charge in [-0.05, 0) is 44.9 Å². The Hall–Kier alpha value is -1.55. The number of ether oxygens (including phenoxy) is 2. The second-order valence-corrected chi connectivity index (χ2v) is 14.9. The van der Waals surface area contributed by atoms with Crippen LogP contribution in [0.25, 0.3) is 0 Å². The van der Waals surface area contributed by atoms with Gasteiger partial charge in [0.15, 0.2) is 0 Å². The van der Waals surface area contributed by atoms with E-state index in [-0.39, 0.29) is 13.0 Å². The molecule has 3 atom stereocenters. The molecule has 0 aromatic carbocycles. The Bertz CT molecular complexity index is 899. The van der Waals surface area contributed by atoms with Crippen LogP contribution in [-0.2, 0) is 32.7 Å². The lowest BCUT2D eigenvalue weighted by atomic mass is 10.1. The summed E-state index contributed by atoms with van der Waals surface area (Å²) in [6.45, 7) is 3.83. The van der Waals surface area contributed by atoms with Gasteiger partial charge in [0, 0.05) is 13.0 Å². The summed E-state index contributed by atoms with van der Waals surface area (Å²) in [5.41, 5.74) is 5.33. The quantitative estimate of drug-likeness (QED) is 0.0242. The van der Waals surface area contributed by atoms with Crippen molar-refractivity contribution in [2.45, 2.75) is 187 Å². The molecule has 0 aromatic heterocycles. The van der Waals surface area contributed by atoms with E-state index in [2.05, 4.69) is 42.7 Å². The van der Waals surface area contributed by atoms with Gasteiger partial charge in [-0.25, -0.2) is 4.57 Å². The Morgan fingerprint density at radius 2 is 1.10 bits per heavy atom. The van der Waals surface area contributed by atoms with Crippen molar-refractivity contribution in [1.82, 2.24) is 0 Å². The lowest BCUT2D eigenvalue weighted by molar-refractivity contribution is -0.154. The molecule has 0 saturated heterocycles. The number of hydrogen-bond acceptors (Lipinski definition) is 8. The van der Waals surface area contributed by atoms with Crippen LogP contribution in [0.1, 0.15) is 174 Å². The molecule has 0 fully saturated rings. The summed E-state index contributed by atoms with van der Waals surface area (Å²) in [5, 5.41) is 8.86. The van der Waals surface area contributed by atoms with Crippen molar-refractivity contribution in [3.63, 3.8) is 0 Å². The minimum atomic E-state index is -4.60.